The van der Waals surface area contributed by atoms with Gasteiger partial charge in [-0.2, -0.15) is 0 Å². The Balaban J connectivity index is 0.00000148. The minimum absolute atomic E-state index is 1.32. The average Bonchev–Trinajstić information content (AvgIpc) is 1.62. The summed E-state index contributed by atoms with van der Waals surface area (Å²) in [4.78, 5) is 0. The molecule has 0 unspecified atom stereocenters. The van der Waals surface area contributed by atoms with E-state index < -0.39 is 0 Å². The summed E-state index contributed by atoms with van der Waals surface area (Å²) < 4.78 is 16.6. The highest BCUT2D eigenvalue weighted by molar-refractivity contribution is 7.28. The summed E-state index contributed by atoms with van der Waals surface area (Å²) >= 11 is 11.3. The van der Waals surface area contributed by atoms with Crippen LogP contribution in [0.1, 0.15) is 249 Å². The Morgan fingerprint density at radius 3 is 0.575 bits per heavy atom. The van der Waals surface area contributed by atoms with Crippen molar-refractivity contribution in [3.63, 3.8) is 0 Å². The summed E-state index contributed by atoms with van der Waals surface area (Å²) in [6.07, 6.45) is 0. The van der Waals surface area contributed by atoms with E-state index in [9.17, 15) is 0 Å². The number of thiophene rings is 6. The lowest BCUT2D eigenvalue weighted by Crippen LogP contribution is -1.72. The average molecular weight is 1900 g/mol. The van der Waals surface area contributed by atoms with Gasteiger partial charge in [0, 0.05) is 121 Å². The Bertz CT molecular complexity index is 6480. The van der Waals surface area contributed by atoms with Gasteiger partial charge in [-0.15, -0.1) is 68.0 Å². The quantitative estimate of drug-likeness (QED) is 0.142. The van der Waals surface area contributed by atoms with Crippen molar-refractivity contribution in [3.05, 3.63) is 352 Å². The zero-order valence-corrected chi connectivity index (χ0v) is 93.8. The predicted octanol–water partition coefficient (Wildman–Crippen LogP) is 48.6. The zero-order chi connectivity index (χ0) is 101. The molecule has 0 bridgehead atoms. The van der Waals surface area contributed by atoms with Crippen LogP contribution < -0.4 is 0 Å². The van der Waals surface area contributed by atoms with E-state index in [1.165, 1.54) is 175 Å². The molecular formula is C128H166S6. The largest absolute Gasteiger partial charge is 0.135 e. The van der Waals surface area contributed by atoms with Crippen LogP contribution in [0.25, 0.3) is 175 Å². The van der Waals surface area contributed by atoms with Crippen molar-refractivity contribution >= 4 is 243 Å². The molecule has 23 aromatic rings. The fraction of sp³-hybridized carbons (Fsp3) is 0.281. The standard InChI is InChI=1S/5C16H10S.C12H8S.18C2H6/c2*1-2-6-12-10-16-14(9-11(12)5-1)13-7-3-4-8-15(13)17-16;2*1-2-6-12-11(5-1)9-10-14-13-7-3-4-8-15(13)17-16(12)14;1-2-6-12-11(5-1)9-10-15-16(12)13-7-3-4-8-14(13)17-15;1-3-7-11-9(5-1)10-6-2-4-8-12(10)13-11;18*1-2/h5*1-10H;1-8H;18*1-2H3. The molecule has 0 saturated heterocycles. The minimum atomic E-state index is 1.32. The van der Waals surface area contributed by atoms with Crippen molar-refractivity contribution < 1.29 is 0 Å². The van der Waals surface area contributed by atoms with Gasteiger partial charge in [-0.1, -0.05) is 528 Å². The van der Waals surface area contributed by atoms with Crippen LogP contribution in [-0.4, -0.2) is 0 Å². The van der Waals surface area contributed by atoms with Crippen molar-refractivity contribution in [1.29, 1.82) is 0 Å². The maximum atomic E-state index is 2.31. The second kappa shape index (κ2) is 74.7. The molecule has 0 atom stereocenters. The number of hydrogen-bond donors (Lipinski definition) is 0. The second-order valence-corrected chi connectivity index (χ2v) is 30.9. The monoisotopic (exact) mass is 1900 g/mol. The van der Waals surface area contributed by atoms with Crippen molar-refractivity contribution in [2.75, 3.05) is 0 Å². The van der Waals surface area contributed by atoms with Gasteiger partial charge in [0.15, 0.2) is 0 Å². The van der Waals surface area contributed by atoms with E-state index in [1.54, 1.807) is 0 Å². The lowest BCUT2D eigenvalue weighted by molar-refractivity contribution is 1.50. The highest BCUT2D eigenvalue weighted by Gasteiger charge is 2.12. The Labute approximate surface area is 836 Å². The Morgan fingerprint density at radius 2 is 0.284 bits per heavy atom. The first kappa shape index (κ1) is 123. The van der Waals surface area contributed by atoms with Crippen molar-refractivity contribution in [2.24, 2.45) is 0 Å². The summed E-state index contributed by atoms with van der Waals surface area (Å²) in [5, 5.41) is 29.9. The fourth-order valence-corrected chi connectivity index (χ4v) is 20.9. The molecule has 0 N–H and O–H groups in total. The number of benzene rings is 17. The van der Waals surface area contributed by atoms with Crippen molar-refractivity contribution in [2.45, 2.75) is 249 Å². The van der Waals surface area contributed by atoms with Gasteiger partial charge in [0.1, 0.15) is 0 Å². The molecule has 0 fully saturated rings. The maximum Gasteiger partial charge on any atom is 0.0433 e. The van der Waals surface area contributed by atoms with E-state index in [1.807, 2.05) is 317 Å². The molecule has 0 aliphatic rings. The van der Waals surface area contributed by atoms with Crippen LogP contribution in [0, 0.1) is 0 Å². The van der Waals surface area contributed by atoms with Crippen molar-refractivity contribution in [3.8, 4) is 0 Å². The molecule has 17 aromatic carbocycles. The van der Waals surface area contributed by atoms with Crippen LogP contribution in [0.15, 0.2) is 352 Å². The van der Waals surface area contributed by atoms with Crippen LogP contribution >= 0.6 is 68.0 Å². The van der Waals surface area contributed by atoms with Gasteiger partial charge in [0.2, 0.25) is 0 Å². The minimum Gasteiger partial charge on any atom is -0.135 e. The lowest BCUT2D eigenvalue weighted by atomic mass is 10.0. The predicted molar refractivity (Wildman–Crippen MR) is 648 cm³/mol. The Morgan fingerprint density at radius 1 is 0.104 bits per heavy atom. The van der Waals surface area contributed by atoms with E-state index in [4.69, 9.17) is 0 Å². The molecule has 6 heterocycles. The molecule has 6 heteroatoms. The topological polar surface area (TPSA) is 0 Å². The van der Waals surface area contributed by atoms with E-state index >= 15 is 0 Å². The molecule has 0 saturated carbocycles. The van der Waals surface area contributed by atoms with Gasteiger partial charge in [0.25, 0.3) is 0 Å². The number of hydrogen-bond acceptors (Lipinski definition) is 6. The first-order valence-corrected chi connectivity index (χ1v) is 55.8. The maximum absolute atomic E-state index is 2.31. The van der Waals surface area contributed by atoms with E-state index in [-0.39, 0.29) is 0 Å². The Kier molecular flexibility index (Phi) is 68.7. The van der Waals surface area contributed by atoms with Gasteiger partial charge in [0.05, 0.1) is 0 Å². The third-order valence-electron chi connectivity index (χ3n) is 18.6. The van der Waals surface area contributed by atoms with Crippen LogP contribution in [0.5, 0.6) is 0 Å². The SMILES string of the molecule is CC.CC.CC.CC.CC.CC.CC.CC.CC.CC.CC.CC.CC.CC.CC.CC.CC.CC.c1ccc2c(c1)ccc1c3ccccc3sc21.c1ccc2c(c1)ccc1c3ccccc3sc21.c1ccc2c(c1)ccc1sc3ccccc3c12.c1ccc2c(c1)sc1ccccc12.c1ccc2cc3c(cc2c1)sc1ccccc13.c1ccc2cc3c(cc2c1)sc1ccccc13. The van der Waals surface area contributed by atoms with Gasteiger partial charge in [-0.3, -0.25) is 0 Å². The highest BCUT2D eigenvalue weighted by atomic mass is 32.1. The lowest BCUT2D eigenvalue weighted by Gasteiger charge is -1.99. The third kappa shape index (κ3) is 32.6. The molecule has 6 aromatic heterocycles. The molecule has 0 aliphatic heterocycles. The van der Waals surface area contributed by atoms with E-state index in [0.29, 0.717) is 0 Å². The smallest absolute Gasteiger partial charge is 0.0433 e. The van der Waals surface area contributed by atoms with Gasteiger partial charge < -0.3 is 0 Å². The zero-order valence-electron chi connectivity index (χ0n) is 88.9. The van der Waals surface area contributed by atoms with Crippen molar-refractivity contribution in [1.82, 2.24) is 0 Å². The Hall–Kier alpha value is -10.6. The molecule has 714 valence electrons. The van der Waals surface area contributed by atoms with Gasteiger partial charge in [-0.25, -0.2) is 0 Å². The molecule has 0 radical (unpaired) electrons. The van der Waals surface area contributed by atoms with Gasteiger partial charge in [-0.05, 0) is 127 Å². The molecule has 0 nitrogen and oxygen atoms in total. The van der Waals surface area contributed by atoms with Gasteiger partial charge >= 0.3 is 0 Å². The summed E-state index contributed by atoms with van der Waals surface area (Å²) in [5.74, 6) is 0. The first-order valence-electron chi connectivity index (χ1n) is 50.9. The molecular weight excluding hydrogens is 1730 g/mol. The van der Waals surface area contributed by atoms with Crippen LogP contribution in [0.2, 0.25) is 0 Å². The highest BCUT2D eigenvalue weighted by Crippen LogP contribution is 2.43. The van der Waals surface area contributed by atoms with Crippen LogP contribution in [0.4, 0.5) is 0 Å². The molecule has 134 heavy (non-hydrogen) atoms. The molecule has 0 amide bonds. The first-order chi connectivity index (χ1) is 66.6. The normalized spacial score (nSPS) is 9.19. The molecule has 0 aliphatic carbocycles. The van der Waals surface area contributed by atoms with E-state index in [2.05, 4.69) is 352 Å². The van der Waals surface area contributed by atoms with Crippen LogP contribution in [0.3, 0.4) is 0 Å². The molecule has 23 rings (SSSR count). The number of fused-ring (bicyclic) bond motifs is 26. The summed E-state index contributed by atoms with van der Waals surface area (Å²) in [6, 6.07) is 126. The molecule has 0 spiro atoms. The fourth-order valence-electron chi connectivity index (χ4n) is 13.9. The van der Waals surface area contributed by atoms with Crippen LogP contribution in [-0.2, 0) is 0 Å². The summed E-state index contributed by atoms with van der Waals surface area (Å²) in [6.45, 7) is 72.0. The third-order valence-corrected chi connectivity index (χ3v) is 25.6. The van der Waals surface area contributed by atoms with E-state index in [0.717, 1.165) is 0 Å². The number of rotatable bonds is 0. The summed E-state index contributed by atoms with van der Waals surface area (Å²) in [5.41, 5.74) is 0. The second-order valence-electron chi connectivity index (χ2n) is 24.5. The summed E-state index contributed by atoms with van der Waals surface area (Å²) in [7, 11) is 0.